The van der Waals surface area contributed by atoms with Gasteiger partial charge in [0.2, 0.25) is 5.28 Å². The van der Waals surface area contributed by atoms with Crippen molar-refractivity contribution in [2.75, 3.05) is 20.2 Å². The molecule has 0 atom stereocenters. The van der Waals surface area contributed by atoms with Crippen molar-refractivity contribution in [1.29, 1.82) is 0 Å². The van der Waals surface area contributed by atoms with E-state index in [0.717, 1.165) is 31.8 Å². The van der Waals surface area contributed by atoms with Crippen molar-refractivity contribution in [2.24, 2.45) is 11.2 Å². The van der Waals surface area contributed by atoms with Crippen molar-refractivity contribution in [3.05, 3.63) is 5.21 Å². The molecule has 5 nitrogen and oxygen atoms in total. The van der Waals surface area contributed by atoms with Crippen LogP contribution in [0.25, 0.3) is 0 Å². The second kappa shape index (κ2) is 4.13. The second-order valence-corrected chi connectivity index (χ2v) is 3.15. The average Bonchev–Trinajstić information content (AvgIpc) is 2.06. The third-order valence-electron chi connectivity index (χ3n) is 2.15. The number of piperidine rings is 1. The van der Waals surface area contributed by atoms with Gasteiger partial charge in [0, 0.05) is 0 Å². The summed E-state index contributed by atoms with van der Waals surface area (Å²) in [5.74, 6) is 0.720. The van der Waals surface area contributed by atoms with Gasteiger partial charge in [0.25, 0.3) is 0 Å². The third-order valence-corrected chi connectivity index (χ3v) is 2.15. The number of hydrogen-bond donors (Lipinski definition) is 0. The van der Waals surface area contributed by atoms with Crippen LogP contribution in [0.4, 0.5) is 0 Å². The van der Waals surface area contributed by atoms with E-state index in [1.54, 1.807) is 5.01 Å². The Labute approximate surface area is 72.1 Å². The largest absolute Gasteiger partial charge is 0.569 e. The van der Waals surface area contributed by atoms with E-state index >= 15 is 0 Å². The van der Waals surface area contributed by atoms with Crippen LogP contribution in [0.3, 0.4) is 0 Å². The topological polar surface area (TPSA) is 50.9 Å². The minimum Gasteiger partial charge on any atom is -0.569 e. The summed E-state index contributed by atoms with van der Waals surface area (Å²) in [6.45, 7) is 3.75. The van der Waals surface area contributed by atoms with Gasteiger partial charge in [-0.3, -0.25) is 0 Å². The summed E-state index contributed by atoms with van der Waals surface area (Å²) in [5.41, 5.74) is 0. The standard InChI is InChI=1S/C7H15N3O2/c1-7-3-5-9(6-4-7)10(11)8-12-2/h7H,3-6H2,1-2H3/b10-8-. The summed E-state index contributed by atoms with van der Waals surface area (Å²) in [5, 5.41) is 16.0. The number of nitrogens with zero attached hydrogens (tertiary/aromatic N) is 3. The summed E-state index contributed by atoms with van der Waals surface area (Å²) in [6.07, 6.45) is 2.11. The Bertz CT molecular complexity index is 164. The molecule has 1 rings (SSSR count). The van der Waals surface area contributed by atoms with Crippen molar-refractivity contribution in [3.63, 3.8) is 0 Å². The fraction of sp³-hybridized carbons (Fsp3) is 1.00. The number of hydrazine groups is 1. The van der Waals surface area contributed by atoms with E-state index in [2.05, 4.69) is 17.0 Å². The molecule has 12 heavy (non-hydrogen) atoms. The molecule has 1 aliphatic rings. The third kappa shape index (κ3) is 2.25. The molecule has 0 bridgehead atoms. The van der Waals surface area contributed by atoms with Crippen molar-refractivity contribution in [3.8, 4) is 0 Å². The zero-order valence-corrected chi connectivity index (χ0v) is 7.56. The molecule has 1 fully saturated rings. The lowest BCUT2D eigenvalue weighted by molar-refractivity contribution is -0.712. The zero-order chi connectivity index (χ0) is 8.97. The number of rotatable bonds is 2. The van der Waals surface area contributed by atoms with Crippen LogP contribution in [0, 0.1) is 11.1 Å². The highest BCUT2D eigenvalue weighted by Crippen LogP contribution is 2.15. The second-order valence-electron chi connectivity index (χ2n) is 3.15. The maximum atomic E-state index is 11.1. The highest BCUT2D eigenvalue weighted by atomic mass is 16.7. The Morgan fingerprint density at radius 1 is 1.50 bits per heavy atom. The van der Waals surface area contributed by atoms with Crippen molar-refractivity contribution in [2.45, 2.75) is 19.8 Å². The first-order valence-corrected chi connectivity index (χ1v) is 4.20. The maximum Gasteiger partial charge on any atom is 0.232 e. The lowest BCUT2D eigenvalue weighted by Gasteiger charge is -2.25. The van der Waals surface area contributed by atoms with Gasteiger partial charge in [-0.1, -0.05) is 6.92 Å². The molecule has 0 radical (unpaired) electrons. The Hall–Kier alpha value is -1.00. The van der Waals surface area contributed by atoms with E-state index < -0.39 is 0 Å². The minimum absolute atomic E-state index is 0.534. The number of hydrogen-bond acceptors (Lipinski definition) is 3. The fourth-order valence-electron chi connectivity index (χ4n) is 1.29. The summed E-state index contributed by atoms with van der Waals surface area (Å²) >= 11 is 0. The monoisotopic (exact) mass is 173 g/mol. The molecule has 0 aromatic carbocycles. The van der Waals surface area contributed by atoms with E-state index in [1.807, 2.05) is 0 Å². The summed E-state index contributed by atoms with van der Waals surface area (Å²) < 4.78 is 0. The predicted octanol–water partition coefficient (Wildman–Crippen LogP) is 1.16. The summed E-state index contributed by atoms with van der Waals surface area (Å²) in [4.78, 5) is 4.91. The van der Waals surface area contributed by atoms with Crippen LogP contribution in [0.1, 0.15) is 19.8 Å². The van der Waals surface area contributed by atoms with Crippen molar-refractivity contribution >= 4 is 0 Å². The van der Waals surface area contributed by atoms with Crippen LogP contribution in [0.15, 0.2) is 5.28 Å². The molecule has 0 amide bonds. The van der Waals surface area contributed by atoms with Gasteiger partial charge in [-0.25, -0.2) is 0 Å². The van der Waals surface area contributed by atoms with Crippen LogP contribution < -0.4 is 0 Å². The molecular formula is C7H15N3O2. The van der Waals surface area contributed by atoms with Crippen LogP contribution in [-0.4, -0.2) is 30.2 Å². The van der Waals surface area contributed by atoms with Crippen LogP contribution >= 0.6 is 0 Å². The van der Waals surface area contributed by atoms with Gasteiger partial charge in [0.1, 0.15) is 7.11 Å². The molecule has 70 valence electrons. The molecule has 0 saturated carbocycles. The average molecular weight is 173 g/mol. The van der Waals surface area contributed by atoms with Gasteiger partial charge in [-0.05, 0) is 18.8 Å². The van der Waals surface area contributed by atoms with Gasteiger partial charge >= 0.3 is 0 Å². The zero-order valence-electron chi connectivity index (χ0n) is 7.56. The first-order chi connectivity index (χ1) is 5.74. The molecule has 1 saturated heterocycles. The molecular weight excluding hydrogens is 158 g/mol. The highest BCUT2D eigenvalue weighted by molar-refractivity contribution is 4.62. The summed E-state index contributed by atoms with van der Waals surface area (Å²) in [6, 6.07) is 0. The van der Waals surface area contributed by atoms with E-state index in [0.29, 0.717) is 4.97 Å². The molecule has 0 aromatic heterocycles. The van der Waals surface area contributed by atoms with Crippen LogP contribution in [0.5, 0.6) is 0 Å². The Morgan fingerprint density at radius 3 is 2.58 bits per heavy atom. The van der Waals surface area contributed by atoms with Gasteiger partial charge < -0.3 is 10.0 Å². The molecule has 0 aromatic rings. The van der Waals surface area contributed by atoms with Crippen molar-refractivity contribution in [1.82, 2.24) is 5.01 Å². The Kier molecular flexibility index (Phi) is 3.13. The van der Waals surface area contributed by atoms with E-state index in [-0.39, 0.29) is 0 Å². The van der Waals surface area contributed by atoms with Gasteiger partial charge in [-0.2, -0.15) is 0 Å². The van der Waals surface area contributed by atoms with Gasteiger partial charge in [0.15, 0.2) is 0 Å². The summed E-state index contributed by atoms with van der Waals surface area (Å²) in [7, 11) is 1.37. The Morgan fingerprint density at radius 2 is 2.08 bits per heavy atom. The molecule has 1 heterocycles. The molecule has 0 N–H and O–H groups in total. The smallest absolute Gasteiger partial charge is 0.232 e. The van der Waals surface area contributed by atoms with E-state index in [9.17, 15) is 5.21 Å². The molecule has 0 unspecified atom stereocenters. The Balaban J connectivity index is 2.39. The quantitative estimate of drug-likeness (QED) is 0.357. The van der Waals surface area contributed by atoms with Crippen LogP contribution in [0.2, 0.25) is 0 Å². The predicted molar refractivity (Wildman–Crippen MR) is 43.0 cm³/mol. The maximum absolute atomic E-state index is 11.1. The molecule has 5 heteroatoms. The first kappa shape index (κ1) is 9.09. The molecule has 1 aliphatic heterocycles. The van der Waals surface area contributed by atoms with Crippen LogP contribution in [-0.2, 0) is 4.84 Å². The van der Waals surface area contributed by atoms with Gasteiger partial charge in [0.05, 0.1) is 18.1 Å². The fourth-order valence-corrected chi connectivity index (χ4v) is 1.29. The van der Waals surface area contributed by atoms with Crippen molar-refractivity contribution < 1.29 is 9.81 Å². The van der Waals surface area contributed by atoms with Gasteiger partial charge in [-0.15, -0.1) is 5.01 Å². The van der Waals surface area contributed by atoms with E-state index in [1.165, 1.54) is 7.11 Å². The lowest BCUT2D eigenvalue weighted by atomic mass is 10.0. The molecule has 0 spiro atoms. The SMILES string of the molecule is CO/N=[N+](\[O-])N1CCC(C)CC1. The highest BCUT2D eigenvalue weighted by Gasteiger charge is 2.20. The lowest BCUT2D eigenvalue weighted by Crippen LogP contribution is -2.37. The molecule has 0 aliphatic carbocycles. The normalized spacial score (nSPS) is 21.2. The first-order valence-electron chi connectivity index (χ1n) is 4.20. The van der Waals surface area contributed by atoms with E-state index in [4.69, 9.17) is 0 Å². The minimum atomic E-state index is 0.534.